The fraction of sp³-hybridized carbons (Fsp3) is 0.160. The molecule has 1 aliphatic carbocycles. The molecule has 5 aromatic heterocycles. The van der Waals surface area contributed by atoms with E-state index in [-0.39, 0.29) is 23.4 Å². The Kier molecular flexibility index (Phi) is 5.32. The molecule has 0 radical (unpaired) electrons. The topological polar surface area (TPSA) is 25.3 Å². The molecular weight excluding hydrogens is 659 g/mol. The Balaban J connectivity index is 1.16. The zero-order chi connectivity index (χ0) is 35.6. The van der Waals surface area contributed by atoms with E-state index in [0.29, 0.717) is 0 Å². The number of allylic oxidation sites excluding steroid dienone is 2. The van der Waals surface area contributed by atoms with Crippen molar-refractivity contribution >= 4 is 65.6 Å². The molecule has 256 valence electrons. The first-order chi connectivity index (χ1) is 26.4. The first-order valence-electron chi connectivity index (χ1n) is 19.3. The normalized spacial score (nSPS) is 18.6. The molecule has 3 atom stereocenters. The van der Waals surface area contributed by atoms with Gasteiger partial charge in [0.25, 0.3) is 0 Å². The fourth-order valence-corrected chi connectivity index (χ4v) is 10.9. The highest BCUT2D eigenvalue weighted by molar-refractivity contribution is 6.32. The van der Waals surface area contributed by atoms with Crippen LogP contribution in [0.5, 0.6) is 0 Å². The lowest BCUT2D eigenvalue weighted by Gasteiger charge is -2.30. The Morgan fingerprint density at radius 3 is 2.37 bits per heavy atom. The van der Waals surface area contributed by atoms with Gasteiger partial charge in [-0.2, -0.15) is 9.13 Å². The van der Waals surface area contributed by atoms with Crippen molar-refractivity contribution in [3.8, 4) is 22.5 Å². The first-order valence-corrected chi connectivity index (χ1v) is 19.3. The van der Waals surface area contributed by atoms with Crippen LogP contribution >= 0.6 is 0 Å². The number of nitrogens with zero attached hydrogens (tertiary/aromatic N) is 3. The molecule has 0 saturated carbocycles. The Labute approximate surface area is 312 Å². The highest BCUT2D eigenvalue weighted by Crippen LogP contribution is 2.57. The second kappa shape index (κ2) is 9.83. The van der Waals surface area contributed by atoms with E-state index in [2.05, 4.69) is 174 Å². The highest BCUT2D eigenvalue weighted by Gasteiger charge is 2.56. The maximum absolute atomic E-state index is 6.41. The lowest BCUT2D eigenvalue weighted by Crippen LogP contribution is -2.52. The van der Waals surface area contributed by atoms with Crippen LogP contribution in [0.2, 0.25) is 0 Å². The summed E-state index contributed by atoms with van der Waals surface area (Å²) in [5, 5.41) is 7.53. The van der Waals surface area contributed by atoms with Crippen LogP contribution in [0.15, 0.2) is 144 Å². The van der Waals surface area contributed by atoms with Crippen molar-refractivity contribution < 1.29 is 13.6 Å². The van der Waals surface area contributed by atoms with Crippen molar-refractivity contribution in [1.82, 2.24) is 4.40 Å². The van der Waals surface area contributed by atoms with Crippen LogP contribution in [-0.2, 0) is 6.42 Å². The summed E-state index contributed by atoms with van der Waals surface area (Å²) in [6.45, 7) is 7.03. The molecule has 0 fully saturated rings. The Bertz CT molecular complexity index is 3310. The van der Waals surface area contributed by atoms with Gasteiger partial charge in [-0.15, -0.1) is 0 Å². The second-order valence-corrected chi connectivity index (χ2v) is 17.1. The van der Waals surface area contributed by atoms with Gasteiger partial charge in [0.15, 0.2) is 24.5 Å². The van der Waals surface area contributed by atoms with Crippen LogP contribution in [0.1, 0.15) is 55.5 Å². The molecule has 3 unspecified atom stereocenters. The summed E-state index contributed by atoms with van der Waals surface area (Å²) in [5.41, 5.74) is 16.7. The first kappa shape index (κ1) is 29.2. The predicted octanol–water partition coefficient (Wildman–Crippen LogP) is 11.5. The van der Waals surface area contributed by atoms with Gasteiger partial charge in [0.05, 0.1) is 27.7 Å². The molecule has 2 bridgehead atoms. The van der Waals surface area contributed by atoms with Crippen LogP contribution in [0.3, 0.4) is 0 Å². The molecule has 10 aromatic rings. The van der Waals surface area contributed by atoms with Gasteiger partial charge < -0.3 is 8.82 Å². The SMILES string of the molecule is CC(C)(C)Cc1cc[n+]2c(c1)-c1cc3c4cccc5c6c7c(ccc6n(c3cc1C1=CC2C2c3ccccc3-c3cccc[n+]3C12)c45)oc1ccccc17. The molecule has 0 N–H and O–H groups in total. The Hall–Kier alpha value is -6.26. The Morgan fingerprint density at radius 2 is 1.44 bits per heavy atom. The standard InChI is InChI=1S/C50H37N3O/c1-50(2,3)27-28-20-22-51-40(23-28)36-24-35-31-14-10-15-33-45-39(18-19-44-47(45)32-13-6-7-17-43(32)54-44)53(48(31)33)41(35)25-34(36)37-26-42(51)46-30-12-5-4-11-29(30)38-16-8-9-21-52(38)49(37)46/h4-26,42,46,49H,27H2,1-3H3/q+2. The molecule has 4 heteroatoms. The van der Waals surface area contributed by atoms with Gasteiger partial charge in [0.2, 0.25) is 11.4 Å². The molecule has 0 amide bonds. The molecule has 54 heavy (non-hydrogen) atoms. The number of rotatable bonds is 1. The van der Waals surface area contributed by atoms with Gasteiger partial charge >= 0.3 is 0 Å². The summed E-state index contributed by atoms with van der Waals surface area (Å²) in [4.78, 5) is 0. The van der Waals surface area contributed by atoms with Gasteiger partial charge in [-0.25, -0.2) is 0 Å². The summed E-state index contributed by atoms with van der Waals surface area (Å²) in [7, 11) is 0. The number of pyridine rings is 2. The van der Waals surface area contributed by atoms with Gasteiger partial charge in [-0.1, -0.05) is 75.4 Å². The van der Waals surface area contributed by atoms with Gasteiger partial charge in [0.1, 0.15) is 17.1 Å². The molecule has 5 aromatic carbocycles. The number of fused-ring (bicyclic) bond motifs is 18. The summed E-state index contributed by atoms with van der Waals surface area (Å²) < 4.78 is 14.1. The van der Waals surface area contributed by atoms with Gasteiger partial charge in [-0.3, -0.25) is 0 Å². The van der Waals surface area contributed by atoms with Crippen LogP contribution < -0.4 is 9.13 Å². The van der Waals surface area contributed by atoms with E-state index >= 15 is 0 Å². The molecule has 0 spiro atoms. The number of benzene rings is 5. The van der Waals surface area contributed by atoms with Crippen LogP contribution in [0.25, 0.3) is 88.1 Å². The van der Waals surface area contributed by atoms with E-state index in [9.17, 15) is 0 Å². The average Bonchev–Trinajstić information content (AvgIpc) is 3.92. The molecule has 3 aliphatic rings. The number of hydrogen-bond acceptors (Lipinski definition) is 1. The zero-order valence-electron chi connectivity index (χ0n) is 30.5. The molecular formula is C50H37N3O+2. The fourth-order valence-electron chi connectivity index (χ4n) is 10.9. The summed E-state index contributed by atoms with van der Waals surface area (Å²) in [6.07, 6.45) is 8.34. The van der Waals surface area contributed by atoms with Gasteiger partial charge in [0, 0.05) is 67.7 Å². The predicted molar refractivity (Wildman–Crippen MR) is 218 cm³/mol. The number of para-hydroxylation sites is 2. The summed E-state index contributed by atoms with van der Waals surface area (Å²) in [5.74, 6) is 0.272. The molecule has 0 saturated heterocycles. The number of hydrogen-bond donors (Lipinski definition) is 0. The van der Waals surface area contributed by atoms with E-state index in [1.165, 1.54) is 93.6 Å². The molecule has 7 heterocycles. The van der Waals surface area contributed by atoms with Crippen LogP contribution in [-0.4, -0.2) is 4.40 Å². The zero-order valence-corrected chi connectivity index (χ0v) is 30.5. The third kappa shape index (κ3) is 3.59. The van der Waals surface area contributed by atoms with Crippen molar-refractivity contribution in [3.63, 3.8) is 0 Å². The van der Waals surface area contributed by atoms with Crippen molar-refractivity contribution in [2.75, 3.05) is 0 Å². The molecule has 2 aliphatic heterocycles. The van der Waals surface area contributed by atoms with E-state index in [4.69, 9.17) is 4.42 Å². The molecule has 13 rings (SSSR count). The monoisotopic (exact) mass is 695 g/mol. The average molecular weight is 696 g/mol. The van der Waals surface area contributed by atoms with E-state index in [1.54, 1.807) is 0 Å². The minimum Gasteiger partial charge on any atom is -0.456 e. The minimum atomic E-state index is 0.176. The van der Waals surface area contributed by atoms with Crippen molar-refractivity contribution in [3.05, 3.63) is 156 Å². The second-order valence-electron chi connectivity index (χ2n) is 17.1. The smallest absolute Gasteiger partial charge is 0.213 e. The van der Waals surface area contributed by atoms with Crippen molar-refractivity contribution in [2.45, 2.75) is 45.2 Å². The quantitative estimate of drug-likeness (QED) is 0.157. The highest BCUT2D eigenvalue weighted by atomic mass is 16.3. The van der Waals surface area contributed by atoms with E-state index < -0.39 is 0 Å². The van der Waals surface area contributed by atoms with E-state index in [1.807, 2.05) is 0 Å². The number of aromatic nitrogens is 3. The summed E-state index contributed by atoms with van der Waals surface area (Å²) >= 11 is 0. The third-order valence-corrected chi connectivity index (χ3v) is 12.8. The molecule has 4 nitrogen and oxygen atoms in total. The summed E-state index contributed by atoms with van der Waals surface area (Å²) in [6, 6.07) is 45.9. The third-order valence-electron chi connectivity index (χ3n) is 12.8. The maximum atomic E-state index is 6.41. The van der Waals surface area contributed by atoms with Crippen molar-refractivity contribution in [2.24, 2.45) is 5.41 Å². The minimum absolute atomic E-state index is 0.176. The number of furan rings is 1. The maximum Gasteiger partial charge on any atom is 0.213 e. The lowest BCUT2D eigenvalue weighted by atomic mass is 9.78. The Morgan fingerprint density at radius 1 is 0.611 bits per heavy atom. The largest absolute Gasteiger partial charge is 0.456 e. The van der Waals surface area contributed by atoms with Crippen LogP contribution in [0.4, 0.5) is 0 Å². The van der Waals surface area contributed by atoms with E-state index in [0.717, 1.165) is 17.6 Å². The van der Waals surface area contributed by atoms with Crippen molar-refractivity contribution in [1.29, 1.82) is 0 Å². The lowest BCUT2D eigenvalue weighted by molar-refractivity contribution is -0.735. The van der Waals surface area contributed by atoms with Gasteiger partial charge in [-0.05, 0) is 71.5 Å². The van der Waals surface area contributed by atoms with Crippen LogP contribution in [0, 0.1) is 5.41 Å².